The van der Waals surface area contributed by atoms with Crippen LogP contribution in [0.2, 0.25) is 18.7 Å². The first-order chi connectivity index (χ1) is 11.0. The van der Waals surface area contributed by atoms with Crippen LogP contribution in [0.15, 0.2) is 35.0 Å². The fourth-order valence-corrected chi connectivity index (χ4v) is 8.12. The van der Waals surface area contributed by atoms with Gasteiger partial charge in [0.05, 0.1) is 9.75 Å². The second-order valence-corrected chi connectivity index (χ2v) is 11.0. The van der Waals surface area contributed by atoms with Crippen molar-refractivity contribution in [3.63, 3.8) is 0 Å². The van der Waals surface area contributed by atoms with Crippen LogP contribution in [0.25, 0.3) is 0 Å². The lowest BCUT2D eigenvalue weighted by Crippen LogP contribution is -1.93. The third kappa shape index (κ3) is 4.73. The van der Waals surface area contributed by atoms with Crippen LogP contribution in [0.3, 0.4) is 0 Å². The molecule has 1 nitrogen and oxygen atoms in total. The minimum atomic E-state index is -0.341. The lowest BCUT2D eigenvalue weighted by Gasteiger charge is -1.89. The van der Waals surface area contributed by atoms with Crippen molar-refractivity contribution in [3.8, 4) is 0 Å². The zero-order chi connectivity index (χ0) is 17.0. The molecule has 23 heavy (non-hydrogen) atoms. The van der Waals surface area contributed by atoms with Gasteiger partial charge in [0.15, 0.2) is 4.66 Å². The Balaban J connectivity index is 0.000000168. The Hall–Kier alpha value is 0.410. The van der Waals surface area contributed by atoms with Crippen LogP contribution in [0.5, 0.6) is 0 Å². The summed E-state index contributed by atoms with van der Waals surface area (Å²) < 4.78 is 1.74. The van der Waals surface area contributed by atoms with Crippen molar-refractivity contribution >= 4 is 101 Å². The van der Waals surface area contributed by atoms with E-state index in [-0.39, 0.29) is 16.3 Å². The molecule has 0 saturated carbocycles. The molecular weight excluding hydrogens is 502 g/mol. The summed E-state index contributed by atoms with van der Waals surface area (Å²) in [5.41, 5.74) is 0. The normalized spacial score (nSPS) is 10.3. The van der Waals surface area contributed by atoms with E-state index in [9.17, 15) is 4.79 Å². The minimum absolute atomic E-state index is 0.139. The Bertz CT molecular complexity index is 720. The van der Waals surface area contributed by atoms with E-state index in [4.69, 9.17) is 46.4 Å². The van der Waals surface area contributed by atoms with Gasteiger partial charge in [-0.3, -0.25) is 4.79 Å². The van der Waals surface area contributed by atoms with Gasteiger partial charge in [0.1, 0.15) is 10.0 Å². The molecule has 0 aliphatic heterocycles. The van der Waals surface area contributed by atoms with E-state index in [2.05, 4.69) is 15.9 Å². The van der Waals surface area contributed by atoms with Crippen molar-refractivity contribution in [3.05, 3.63) is 63.5 Å². The molecule has 0 aromatic carbocycles. The van der Waals surface area contributed by atoms with E-state index in [1.165, 1.54) is 22.7 Å². The lowest BCUT2D eigenvalue weighted by molar-refractivity contribution is 0.104. The Kier molecular flexibility index (Phi) is 7.89. The van der Waals surface area contributed by atoms with Crippen molar-refractivity contribution in [1.29, 1.82) is 0 Å². The molecule has 0 radical (unpaired) electrons. The number of hydrogen-bond acceptors (Lipinski definition) is 3. The van der Waals surface area contributed by atoms with Gasteiger partial charge in [-0.05, 0) is 62.0 Å². The number of hydrogen-bond donors (Lipinski definition) is 0. The molecular formula is C14H8BrCl4OS3+. The Morgan fingerprint density at radius 2 is 1.39 bits per heavy atom. The average Bonchev–Trinajstić information content (AvgIpc) is 3.28. The monoisotopic (exact) mass is 507 g/mol. The SMILES string of the molecule is Clc1c(Cl)c(Cl)[s+](CBr)c1Cl.O=C(c1cccs1)c1cccs1. The van der Waals surface area contributed by atoms with Crippen molar-refractivity contribution in [1.82, 2.24) is 0 Å². The van der Waals surface area contributed by atoms with Gasteiger partial charge < -0.3 is 0 Å². The number of rotatable bonds is 3. The maximum atomic E-state index is 11.6. The summed E-state index contributed by atoms with van der Waals surface area (Å²) in [4.78, 5) is 13.2. The van der Waals surface area contributed by atoms with Crippen LogP contribution in [0, 0.1) is 0 Å². The molecule has 0 N–H and O–H groups in total. The van der Waals surface area contributed by atoms with E-state index >= 15 is 0 Å². The highest BCUT2D eigenvalue weighted by molar-refractivity contribution is 9.09. The topological polar surface area (TPSA) is 17.1 Å². The molecule has 122 valence electrons. The van der Waals surface area contributed by atoms with E-state index in [0.29, 0.717) is 23.4 Å². The molecule has 0 aliphatic carbocycles. The number of alkyl halides is 1. The fourth-order valence-electron chi connectivity index (χ4n) is 1.50. The van der Waals surface area contributed by atoms with Crippen molar-refractivity contribution in [2.75, 3.05) is 0 Å². The van der Waals surface area contributed by atoms with E-state index in [0.717, 1.165) is 9.75 Å². The van der Waals surface area contributed by atoms with Gasteiger partial charge in [-0.15, -0.1) is 22.7 Å². The number of halogens is 5. The van der Waals surface area contributed by atoms with Crippen LogP contribution in [0.1, 0.15) is 14.5 Å². The highest BCUT2D eigenvalue weighted by Crippen LogP contribution is 2.52. The molecule has 3 aromatic heterocycles. The maximum absolute atomic E-state index is 11.6. The lowest BCUT2D eigenvalue weighted by atomic mass is 10.3. The van der Waals surface area contributed by atoms with Crippen LogP contribution >= 0.6 is 95.5 Å². The highest BCUT2D eigenvalue weighted by atomic mass is 79.9. The second-order valence-electron chi connectivity index (χ2n) is 3.96. The van der Waals surface area contributed by atoms with Gasteiger partial charge in [-0.2, -0.15) is 0 Å². The van der Waals surface area contributed by atoms with Crippen LogP contribution in [-0.4, -0.2) is 5.78 Å². The van der Waals surface area contributed by atoms with Crippen molar-refractivity contribution in [2.24, 2.45) is 0 Å². The molecule has 3 heterocycles. The largest absolute Gasteiger partial charge is 0.287 e. The van der Waals surface area contributed by atoms with E-state index in [1.54, 1.807) is 0 Å². The van der Waals surface area contributed by atoms with Gasteiger partial charge in [-0.1, -0.05) is 35.3 Å². The molecule has 0 saturated heterocycles. The van der Waals surface area contributed by atoms with Gasteiger partial charge in [0, 0.05) is 10.5 Å². The van der Waals surface area contributed by atoms with Crippen LogP contribution < -0.4 is 0 Å². The summed E-state index contributed by atoms with van der Waals surface area (Å²) in [6.07, 6.45) is 0. The van der Waals surface area contributed by atoms with Gasteiger partial charge in [0.25, 0.3) is 8.67 Å². The number of carbonyl (C=O) groups excluding carboxylic acids is 1. The molecule has 0 atom stereocenters. The summed E-state index contributed by atoms with van der Waals surface area (Å²) in [7, 11) is -0.341. The average molecular weight is 510 g/mol. The first-order valence-corrected chi connectivity index (χ1v) is 11.8. The first-order valence-electron chi connectivity index (χ1n) is 5.96. The maximum Gasteiger partial charge on any atom is 0.263 e. The summed E-state index contributed by atoms with van der Waals surface area (Å²) in [6.45, 7) is 0. The molecule has 3 rings (SSSR count). The molecule has 0 unspecified atom stereocenters. The number of ketones is 1. The summed E-state index contributed by atoms with van der Waals surface area (Å²) >= 11 is 29.4. The van der Waals surface area contributed by atoms with E-state index < -0.39 is 0 Å². The number of thiophene rings is 3. The summed E-state index contributed by atoms with van der Waals surface area (Å²) in [5.74, 6) is 0.139. The predicted molar refractivity (Wildman–Crippen MR) is 110 cm³/mol. The first kappa shape index (κ1) is 19.7. The molecule has 3 aromatic rings. The van der Waals surface area contributed by atoms with Crippen LogP contribution in [-0.2, 0) is 4.66 Å². The summed E-state index contributed by atoms with van der Waals surface area (Å²) in [6, 6.07) is 7.50. The zero-order valence-corrected chi connectivity index (χ0v) is 18.3. The third-order valence-corrected chi connectivity index (χ3v) is 9.94. The van der Waals surface area contributed by atoms with Gasteiger partial charge in [0.2, 0.25) is 5.78 Å². The zero-order valence-electron chi connectivity index (χ0n) is 11.2. The molecule has 0 bridgehead atoms. The number of carbonyl (C=O) groups is 1. The Morgan fingerprint density at radius 1 is 0.957 bits per heavy atom. The predicted octanol–water partition coefficient (Wildman–Crippen LogP) is 8.44. The standard InChI is InChI=1S/C9H6OS2.C5H2BrCl4S/c10-9(7-3-1-5-11-7)8-4-2-6-12-8;6-1-11-4(9)2(7)3(8)5(11)10/h1-6H;1H2/q;+1. The molecule has 0 amide bonds. The quantitative estimate of drug-likeness (QED) is 0.196. The molecule has 0 fully saturated rings. The highest BCUT2D eigenvalue weighted by Gasteiger charge is 2.27. The third-order valence-electron chi connectivity index (χ3n) is 2.57. The Labute approximate surface area is 172 Å². The molecule has 9 heteroatoms. The van der Waals surface area contributed by atoms with Crippen LogP contribution in [0.4, 0.5) is 0 Å². The Morgan fingerprint density at radius 3 is 1.65 bits per heavy atom. The fraction of sp³-hybridized carbons (Fsp3) is 0.0714. The summed E-state index contributed by atoms with van der Waals surface area (Å²) in [5, 5.41) is 4.59. The van der Waals surface area contributed by atoms with Crippen molar-refractivity contribution in [2.45, 2.75) is 4.66 Å². The van der Waals surface area contributed by atoms with Gasteiger partial charge >= 0.3 is 0 Å². The smallest absolute Gasteiger partial charge is 0.263 e. The molecule has 0 aliphatic rings. The second kappa shape index (κ2) is 9.20. The van der Waals surface area contributed by atoms with Crippen molar-refractivity contribution < 1.29 is 4.79 Å². The minimum Gasteiger partial charge on any atom is -0.287 e. The van der Waals surface area contributed by atoms with Gasteiger partial charge in [-0.25, -0.2) is 0 Å². The van der Waals surface area contributed by atoms with E-state index in [1.807, 2.05) is 35.0 Å². The molecule has 0 spiro atoms.